The number of hydrogen-bond donors (Lipinski definition) is 3. The van der Waals surface area contributed by atoms with Crippen molar-refractivity contribution in [1.82, 2.24) is 15.2 Å². The first-order valence-electron chi connectivity index (χ1n) is 19.3. The van der Waals surface area contributed by atoms with Crippen molar-refractivity contribution in [3.8, 4) is 27.9 Å². The lowest BCUT2D eigenvalue weighted by molar-refractivity contribution is 0.386. The third kappa shape index (κ3) is 6.05. The van der Waals surface area contributed by atoms with Gasteiger partial charge in [0, 0.05) is 39.8 Å². The molecule has 5 heteroatoms. The molecule has 0 saturated carbocycles. The maximum Gasteiger partial charge on any atom is 0.0852 e. The van der Waals surface area contributed by atoms with Gasteiger partial charge >= 0.3 is 0 Å². The molecule has 5 nitrogen and oxygen atoms in total. The Balaban J connectivity index is 1.05. The van der Waals surface area contributed by atoms with Crippen LogP contribution in [0.2, 0.25) is 0 Å². The number of nitrogens with two attached hydrogens (primary N) is 1. The van der Waals surface area contributed by atoms with E-state index in [4.69, 9.17) is 5.73 Å². The molecular formula is C51H41N5. The Labute approximate surface area is 327 Å². The molecule has 1 aliphatic rings. The molecule has 0 amide bonds. The maximum absolute atomic E-state index is 6.65. The van der Waals surface area contributed by atoms with E-state index in [2.05, 4.69) is 196 Å². The van der Waals surface area contributed by atoms with Crippen molar-refractivity contribution in [3.05, 3.63) is 217 Å². The van der Waals surface area contributed by atoms with E-state index in [1.807, 2.05) is 24.3 Å². The van der Waals surface area contributed by atoms with E-state index >= 15 is 0 Å². The van der Waals surface area contributed by atoms with Gasteiger partial charge in [0.1, 0.15) is 0 Å². The van der Waals surface area contributed by atoms with Crippen LogP contribution in [0.25, 0.3) is 49.7 Å². The zero-order valence-corrected chi connectivity index (χ0v) is 30.9. The third-order valence-electron chi connectivity index (χ3n) is 11.0. The summed E-state index contributed by atoms with van der Waals surface area (Å²) in [5.41, 5.74) is 21.8. The van der Waals surface area contributed by atoms with Gasteiger partial charge in [-0.1, -0.05) is 152 Å². The number of anilines is 3. The number of hydrogen-bond acceptors (Lipinski definition) is 4. The normalized spacial score (nSPS) is 13.1. The summed E-state index contributed by atoms with van der Waals surface area (Å²) in [6.45, 7) is 0.668. The van der Waals surface area contributed by atoms with E-state index in [0.717, 1.165) is 22.5 Å². The first-order valence-corrected chi connectivity index (χ1v) is 19.3. The summed E-state index contributed by atoms with van der Waals surface area (Å²) in [5.74, 6) is 0. The number of benzene rings is 8. The molecule has 10 rings (SSSR count). The van der Waals surface area contributed by atoms with Crippen molar-refractivity contribution in [2.45, 2.75) is 18.9 Å². The number of para-hydroxylation sites is 3. The highest BCUT2D eigenvalue weighted by Crippen LogP contribution is 2.52. The van der Waals surface area contributed by atoms with Crippen LogP contribution in [0.1, 0.15) is 29.0 Å². The van der Waals surface area contributed by atoms with Crippen molar-refractivity contribution in [3.63, 3.8) is 0 Å². The van der Waals surface area contributed by atoms with Crippen LogP contribution in [0.5, 0.6) is 0 Å². The van der Waals surface area contributed by atoms with Crippen molar-refractivity contribution >= 4 is 38.9 Å². The van der Waals surface area contributed by atoms with Crippen LogP contribution in [0.4, 0.5) is 17.1 Å². The molecular weight excluding hydrogens is 683 g/mol. The van der Waals surface area contributed by atoms with E-state index in [9.17, 15) is 0 Å². The summed E-state index contributed by atoms with van der Waals surface area (Å²) in [6, 6.07) is 71.5. The second-order valence-corrected chi connectivity index (χ2v) is 14.4. The van der Waals surface area contributed by atoms with Gasteiger partial charge < -0.3 is 15.2 Å². The van der Waals surface area contributed by atoms with Gasteiger partial charge in [0.15, 0.2) is 0 Å². The molecule has 8 aromatic carbocycles. The molecule has 0 saturated heterocycles. The van der Waals surface area contributed by atoms with Gasteiger partial charge in [-0.2, -0.15) is 0 Å². The number of aromatic nitrogens is 1. The lowest BCUT2D eigenvalue weighted by atomic mass is 9.94. The molecule has 2 atom stereocenters. The van der Waals surface area contributed by atoms with Crippen LogP contribution in [-0.4, -0.2) is 4.57 Å². The Hall–Kier alpha value is -6.76. The molecule has 0 spiro atoms. The zero-order valence-electron chi connectivity index (χ0n) is 30.9. The van der Waals surface area contributed by atoms with Crippen molar-refractivity contribution in [2.75, 3.05) is 4.90 Å². The highest BCUT2D eigenvalue weighted by Gasteiger charge is 2.28. The average molecular weight is 724 g/mol. The average Bonchev–Trinajstić information content (AvgIpc) is 3.53. The fourth-order valence-corrected chi connectivity index (χ4v) is 8.35. The van der Waals surface area contributed by atoms with Crippen LogP contribution in [0.3, 0.4) is 0 Å². The predicted octanol–water partition coefficient (Wildman–Crippen LogP) is 11.9. The quantitative estimate of drug-likeness (QED) is 0.130. The summed E-state index contributed by atoms with van der Waals surface area (Å²) in [6.07, 6.45) is -0.453. The largest absolute Gasteiger partial charge is 0.312 e. The lowest BCUT2D eigenvalue weighted by Crippen LogP contribution is -2.39. The minimum atomic E-state index is -0.317. The summed E-state index contributed by atoms with van der Waals surface area (Å²) < 4.78 is 2.42. The highest BCUT2D eigenvalue weighted by atomic mass is 15.2. The molecule has 56 heavy (non-hydrogen) atoms. The smallest absolute Gasteiger partial charge is 0.0852 e. The topological polar surface area (TPSA) is 58.2 Å². The van der Waals surface area contributed by atoms with E-state index in [1.165, 1.54) is 61.0 Å². The van der Waals surface area contributed by atoms with Gasteiger partial charge in [-0.05, 0) is 76.3 Å². The minimum Gasteiger partial charge on any atom is -0.312 e. The predicted molar refractivity (Wildman–Crippen MR) is 232 cm³/mol. The molecule has 9 aromatic rings. The van der Waals surface area contributed by atoms with Crippen molar-refractivity contribution in [1.29, 1.82) is 0 Å². The standard InChI is InChI=1S/C51H41N5/c52-50(36-16-4-1-5-17-36)54-51(37-18-6-2-7-19-37)53-34-35-28-30-39(31-29-35)56-47-27-15-13-25-43(47)45-33-48-44(32-49(45)56)41-23-11-10-22-40(41)42-24-12-14-26-46(42)55(48)38-20-8-3-9-21-38/h1-33,50-51,53-54H,34,52H2. The third-order valence-corrected chi connectivity index (χ3v) is 11.0. The number of fused-ring (bicyclic) bond motifs is 8. The summed E-state index contributed by atoms with van der Waals surface area (Å²) in [7, 11) is 0. The Bertz CT molecular complexity index is 2790. The first-order chi connectivity index (χ1) is 27.7. The summed E-state index contributed by atoms with van der Waals surface area (Å²) in [5, 5.41) is 9.79. The highest BCUT2D eigenvalue weighted by molar-refractivity contribution is 6.14. The molecule has 0 aliphatic carbocycles. The molecule has 270 valence electrons. The fourth-order valence-electron chi connectivity index (χ4n) is 8.35. The number of rotatable bonds is 9. The zero-order chi connectivity index (χ0) is 37.4. The second-order valence-electron chi connectivity index (χ2n) is 14.4. The van der Waals surface area contributed by atoms with Gasteiger partial charge in [0.05, 0.1) is 34.7 Å². The Morgan fingerprint density at radius 3 is 1.77 bits per heavy atom. The molecule has 2 heterocycles. The number of nitrogens with zero attached hydrogens (tertiary/aromatic N) is 2. The van der Waals surface area contributed by atoms with Crippen LogP contribution >= 0.6 is 0 Å². The second kappa shape index (κ2) is 14.5. The molecule has 2 unspecified atom stereocenters. The van der Waals surface area contributed by atoms with Gasteiger partial charge in [-0.25, -0.2) is 0 Å². The lowest BCUT2D eigenvalue weighted by Gasteiger charge is -2.27. The molecule has 0 radical (unpaired) electrons. The molecule has 1 aromatic heterocycles. The summed E-state index contributed by atoms with van der Waals surface area (Å²) >= 11 is 0. The Kier molecular flexibility index (Phi) is 8.73. The van der Waals surface area contributed by atoms with Gasteiger partial charge in [0.2, 0.25) is 0 Å². The van der Waals surface area contributed by atoms with Gasteiger partial charge in [-0.15, -0.1) is 0 Å². The monoisotopic (exact) mass is 723 g/mol. The Morgan fingerprint density at radius 2 is 1.04 bits per heavy atom. The maximum atomic E-state index is 6.65. The summed E-state index contributed by atoms with van der Waals surface area (Å²) in [4.78, 5) is 2.43. The van der Waals surface area contributed by atoms with Gasteiger partial charge in [-0.3, -0.25) is 10.6 Å². The van der Waals surface area contributed by atoms with Crippen LogP contribution in [-0.2, 0) is 6.54 Å². The number of nitrogens with one attached hydrogen (secondary N) is 2. The van der Waals surface area contributed by atoms with Crippen molar-refractivity contribution in [2.24, 2.45) is 5.73 Å². The van der Waals surface area contributed by atoms with Crippen LogP contribution in [0.15, 0.2) is 200 Å². The van der Waals surface area contributed by atoms with E-state index in [-0.39, 0.29) is 12.3 Å². The Morgan fingerprint density at radius 1 is 0.446 bits per heavy atom. The van der Waals surface area contributed by atoms with E-state index < -0.39 is 0 Å². The van der Waals surface area contributed by atoms with Crippen LogP contribution in [0, 0.1) is 0 Å². The first kappa shape index (κ1) is 33.8. The molecule has 0 fully saturated rings. The molecule has 4 N–H and O–H groups in total. The van der Waals surface area contributed by atoms with E-state index in [0.29, 0.717) is 6.54 Å². The minimum absolute atomic E-state index is 0.136. The molecule has 0 bridgehead atoms. The van der Waals surface area contributed by atoms with Crippen LogP contribution < -0.4 is 21.3 Å². The van der Waals surface area contributed by atoms with Crippen molar-refractivity contribution < 1.29 is 0 Å². The fraction of sp³-hybridized carbons (Fsp3) is 0.0588. The van der Waals surface area contributed by atoms with E-state index in [1.54, 1.807) is 0 Å². The van der Waals surface area contributed by atoms with Gasteiger partial charge in [0.25, 0.3) is 0 Å². The SMILES string of the molecule is NC(NC(NCc1ccc(-n2c3ccccc3c3cc4c(cc32)-c2ccccc2-c2ccccc2N4c2ccccc2)cc1)c1ccccc1)c1ccccc1. The molecule has 1 aliphatic heterocycles.